The molecule has 0 bridgehead atoms. The molecule has 1 heterocycles. The lowest BCUT2D eigenvalue weighted by molar-refractivity contribution is 0.0867. The number of aliphatic hydroxyl groups excluding tert-OH is 1. The molecule has 2 aromatic carbocycles. The molecule has 0 saturated heterocycles. The van der Waals surface area contributed by atoms with Gasteiger partial charge in [-0.1, -0.05) is 35.3 Å². The molecule has 184 valence electrons. The molecule has 4 N–H and O–H groups in total. The molecule has 0 aliphatic heterocycles. The highest BCUT2D eigenvalue weighted by atomic mass is 35.5. The monoisotopic (exact) mass is 517 g/mol. The predicted octanol–water partition coefficient (Wildman–Crippen LogP) is 5.95. The van der Waals surface area contributed by atoms with E-state index < -0.39 is 11.9 Å². The summed E-state index contributed by atoms with van der Waals surface area (Å²) in [5, 5.41) is 12.8. The molecular weight excluding hydrogens is 492 g/mol. The number of aromatic nitrogens is 1. The molecule has 0 radical (unpaired) electrons. The fourth-order valence-electron chi connectivity index (χ4n) is 4.18. The summed E-state index contributed by atoms with van der Waals surface area (Å²) in [4.78, 5) is 16.8. The number of anilines is 1. The Bertz CT molecular complexity index is 1220. The Morgan fingerprint density at radius 3 is 2.51 bits per heavy atom. The van der Waals surface area contributed by atoms with E-state index in [0.717, 1.165) is 24.0 Å². The van der Waals surface area contributed by atoms with Crippen LogP contribution >= 0.6 is 23.2 Å². The number of hydrogen-bond donors (Lipinski definition) is 3. The summed E-state index contributed by atoms with van der Waals surface area (Å²) in [5.74, 6) is -0.271. The standard InChI is InChI=1S/C26H26Cl2FN3O3/c1-14(23-20(27)10-11-21(29)24(23)28)35-22-12-17(13-31-25(22)30)15-2-4-16(5-3-15)26(34)32-18-6-8-19(33)9-7-18/h2-5,10-14,18-19,33H,6-9H2,1H3,(H2,30,31)(H,32,34). The number of carbonyl (C=O) groups excluding carboxylic acids is 1. The van der Waals surface area contributed by atoms with Gasteiger partial charge in [-0.05, 0) is 68.5 Å². The minimum absolute atomic E-state index is 0.0775. The third-order valence-corrected chi connectivity index (χ3v) is 6.90. The van der Waals surface area contributed by atoms with Crippen LogP contribution in [0.15, 0.2) is 48.7 Å². The van der Waals surface area contributed by atoms with E-state index in [-0.39, 0.29) is 33.9 Å². The highest BCUT2D eigenvalue weighted by Gasteiger charge is 2.22. The molecule has 9 heteroatoms. The normalized spacial score (nSPS) is 18.7. The quantitative estimate of drug-likeness (QED) is 0.351. The highest BCUT2D eigenvalue weighted by Crippen LogP contribution is 2.37. The van der Waals surface area contributed by atoms with Crippen molar-refractivity contribution in [1.29, 1.82) is 0 Å². The summed E-state index contributed by atoms with van der Waals surface area (Å²) >= 11 is 12.3. The number of amides is 1. The second kappa shape index (κ2) is 10.8. The van der Waals surface area contributed by atoms with Crippen LogP contribution in [-0.4, -0.2) is 28.1 Å². The molecule has 6 nitrogen and oxygen atoms in total. The molecule has 1 aliphatic rings. The second-order valence-electron chi connectivity index (χ2n) is 8.68. The Morgan fingerprint density at radius 2 is 1.83 bits per heavy atom. The van der Waals surface area contributed by atoms with Gasteiger partial charge in [0.15, 0.2) is 11.6 Å². The van der Waals surface area contributed by atoms with E-state index in [1.54, 1.807) is 31.3 Å². The summed E-state index contributed by atoms with van der Waals surface area (Å²) in [6.45, 7) is 1.69. The van der Waals surface area contributed by atoms with Crippen molar-refractivity contribution in [2.45, 2.75) is 50.9 Å². The summed E-state index contributed by atoms with van der Waals surface area (Å²) in [7, 11) is 0. The topological polar surface area (TPSA) is 97.5 Å². The highest BCUT2D eigenvalue weighted by molar-refractivity contribution is 6.36. The van der Waals surface area contributed by atoms with E-state index in [1.165, 1.54) is 12.1 Å². The van der Waals surface area contributed by atoms with Crippen LogP contribution in [0.4, 0.5) is 10.2 Å². The first-order valence-electron chi connectivity index (χ1n) is 11.4. The largest absolute Gasteiger partial charge is 0.482 e. The van der Waals surface area contributed by atoms with Gasteiger partial charge >= 0.3 is 0 Å². The van der Waals surface area contributed by atoms with Crippen LogP contribution < -0.4 is 15.8 Å². The van der Waals surface area contributed by atoms with Gasteiger partial charge in [0.2, 0.25) is 0 Å². The lowest BCUT2D eigenvalue weighted by atomic mass is 9.93. The number of nitrogens with one attached hydrogen (secondary N) is 1. The van der Waals surface area contributed by atoms with Crippen LogP contribution in [0.2, 0.25) is 10.0 Å². The minimum Gasteiger partial charge on any atom is -0.482 e. The number of nitrogens with two attached hydrogens (primary N) is 1. The van der Waals surface area contributed by atoms with Crippen molar-refractivity contribution in [1.82, 2.24) is 10.3 Å². The third-order valence-electron chi connectivity index (χ3n) is 6.18. The number of nitrogens with zero attached hydrogens (tertiary/aromatic N) is 1. The zero-order valence-corrected chi connectivity index (χ0v) is 20.6. The van der Waals surface area contributed by atoms with Gasteiger partial charge in [0.05, 0.1) is 11.1 Å². The third kappa shape index (κ3) is 5.86. The average Bonchev–Trinajstić information content (AvgIpc) is 2.84. The zero-order valence-electron chi connectivity index (χ0n) is 19.1. The first kappa shape index (κ1) is 25.2. The summed E-state index contributed by atoms with van der Waals surface area (Å²) in [5.41, 5.74) is 8.42. The van der Waals surface area contributed by atoms with Crippen LogP contribution in [-0.2, 0) is 0 Å². The molecule has 1 atom stereocenters. The number of halogens is 3. The van der Waals surface area contributed by atoms with Crippen molar-refractivity contribution in [3.8, 4) is 16.9 Å². The van der Waals surface area contributed by atoms with Crippen molar-refractivity contribution in [3.63, 3.8) is 0 Å². The maximum atomic E-state index is 13.9. The summed E-state index contributed by atoms with van der Waals surface area (Å²) in [6.07, 6.45) is 3.61. The Labute approximate surface area is 213 Å². The van der Waals surface area contributed by atoms with Gasteiger partial charge in [-0.3, -0.25) is 4.79 Å². The molecule has 1 aliphatic carbocycles. The number of nitrogen functional groups attached to an aromatic ring is 1. The molecule has 1 saturated carbocycles. The first-order chi connectivity index (χ1) is 16.7. The van der Waals surface area contributed by atoms with E-state index in [0.29, 0.717) is 29.7 Å². The van der Waals surface area contributed by atoms with E-state index in [9.17, 15) is 14.3 Å². The molecule has 1 amide bonds. The SMILES string of the molecule is CC(Oc1cc(-c2ccc(C(=O)NC3CCC(O)CC3)cc2)cnc1N)c1c(Cl)ccc(F)c1Cl. The van der Waals surface area contributed by atoms with Gasteiger partial charge < -0.3 is 20.9 Å². The lowest BCUT2D eigenvalue weighted by Crippen LogP contribution is -2.38. The Balaban J connectivity index is 1.48. The van der Waals surface area contributed by atoms with Crippen molar-refractivity contribution in [2.75, 3.05) is 5.73 Å². The van der Waals surface area contributed by atoms with E-state index in [4.69, 9.17) is 33.7 Å². The molecule has 4 rings (SSSR count). The first-order valence-corrected chi connectivity index (χ1v) is 12.1. The zero-order chi connectivity index (χ0) is 25.1. The van der Waals surface area contributed by atoms with Crippen LogP contribution in [0.3, 0.4) is 0 Å². The number of pyridine rings is 1. The Kier molecular flexibility index (Phi) is 7.79. The molecule has 1 aromatic heterocycles. The molecule has 1 fully saturated rings. The maximum Gasteiger partial charge on any atom is 0.251 e. The number of ether oxygens (including phenoxy) is 1. The molecule has 3 aromatic rings. The van der Waals surface area contributed by atoms with Crippen molar-refractivity contribution >= 4 is 34.9 Å². The summed E-state index contributed by atoms with van der Waals surface area (Å²) < 4.78 is 19.9. The smallest absolute Gasteiger partial charge is 0.251 e. The Morgan fingerprint density at radius 1 is 1.14 bits per heavy atom. The van der Waals surface area contributed by atoms with Gasteiger partial charge in [0, 0.05) is 34.0 Å². The van der Waals surface area contributed by atoms with Crippen LogP contribution in [0.25, 0.3) is 11.1 Å². The lowest BCUT2D eigenvalue weighted by Gasteiger charge is -2.26. The van der Waals surface area contributed by atoms with Crippen molar-refractivity contribution in [2.24, 2.45) is 0 Å². The number of benzene rings is 2. The maximum absolute atomic E-state index is 13.9. The van der Waals surface area contributed by atoms with E-state index in [2.05, 4.69) is 10.3 Å². The average molecular weight is 518 g/mol. The Hall–Kier alpha value is -2.87. The van der Waals surface area contributed by atoms with Crippen LogP contribution in [0.1, 0.15) is 54.6 Å². The molecular formula is C26H26Cl2FN3O3. The van der Waals surface area contributed by atoms with E-state index in [1.807, 2.05) is 12.1 Å². The van der Waals surface area contributed by atoms with Gasteiger partial charge in [-0.2, -0.15) is 0 Å². The fourth-order valence-corrected chi connectivity index (χ4v) is 4.85. The van der Waals surface area contributed by atoms with Crippen molar-refractivity contribution < 1.29 is 19.0 Å². The number of aliphatic hydroxyl groups is 1. The molecule has 1 unspecified atom stereocenters. The molecule has 35 heavy (non-hydrogen) atoms. The fraction of sp³-hybridized carbons (Fsp3) is 0.308. The predicted molar refractivity (Wildman–Crippen MR) is 135 cm³/mol. The van der Waals surface area contributed by atoms with Gasteiger partial charge in [-0.25, -0.2) is 9.37 Å². The van der Waals surface area contributed by atoms with Crippen molar-refractivity contribution in [3.05, 3.63) is 75.7 Å². The number of rotatable bonds is 6. The minimum atomic E-state index is -0.683. The summed E-state index contributed by atoms with van der Waals surface area (Å²) in [6, 6.07) is 11.5. The second-order valence-corrected chi connectivity index (χ2v) is 9.47. The van der Waals surface area contributed by atoms with Gasteiger partial charge in [0.1, 0.15) is 11.9 Å². The van der Waals surface area contributed by atoms with E-state index >= 15 is 0 Å². The number of hydrogen-bond acceptors (Lipinski definition) is 5. The van der Waals surface area contributed by atoms with Gasteiger partial charge in [-0.15, -0.1) is 0 Å². The van der Waals surface area contributed by atoms with Gasteiger partial charge in [0.25, 0.3) is 5.91 Å². The number of carbonyl (C=O) groups is 1. The van der Waals surface area contributed by atoms with Crippen LogP contribution in [0, 0.1) is 5.82 Å². The van der Waals surface area contributed by atoms with Crippen LogP contribution in [0.5, 0.6) is 5.75 Å². The molecule has 0 spiro atoms.